The Morgan fingerprint density at radius 2 is 1.88 bits per heavy atom. The van der Waals surface area contributed by atoms with E-state index in [-0.39, 0.29) is 11.8 Å². The molecule has 1 aliphatic heterocycles. The Balaban J connectivity index is 2.20. The number of benzene rings is 1. The van der Waals surface area contributed by atoms with Crippen LogP contribution in [-0.2, 0) is 9.84 Å². The van der Waals surface area contributed by atoms with Gasteiger partial charge in [0.2, 0.25) is 0 Å². The van der Waals surface area contributed by atoms with E-state index in [1.807, 2.05) is 0 Å². The second kappa shape index (κ2) is 4.28. The third-order valence-electron chi connectivity index (χ3n) is 2.22. The number of anilines is 1. The van der Waals surface area contributed by atoms with Crippen LogP contribution in [0.1, 0.15) is 0 Å². The first-order valence-corrected chi connectivity index (χ1v) is 7.06. The van der Waals surface area contributed by atoms with Gasteiger partial charge in [-0.15, -0.1) is 0 Å². The van der Waals surface area contributed by atoms with Crippen LogP contribution in [0.15, 0.2) is 29.7 Å². The average Bonchev–Trinajstić information content (AvgIpc) is 2.52. The van der Waals surface area contributed by atoms with Crippen LogP contribution >= 0.6 is 23.2 Å². The Kier molecular flexibility index (Phi) is 3.15. The van der Waals surface area contributed by atoms with Crippen LogP contribution in [-0.4, -0.2) is 20.2 Å². The summed E-state index contributed by atoms with van der Waals surface area (Å²) in [6.07, 6.45) is 1.59. The number of hydrogen-bond donors (Lipinski definition) is 1. The van der Waals surface area contributed by atoms with Crippen LogP contribution < -0.4 is 5.32 Å². The number of rotatable bonds is 2. The van der Waals surface area contributed by atoms with Crippen molar-refractivity contribution < 1.29 is 8.42 Å². The molecule has 1 atom stereocenters. The van der Waals surface area contributed by atoms with Gasteiger partial charge in [0.05, 0.1) is 27.5 Å². The molecule has 1 heterocycles. The molecule has 0 radical (unpaired) electrons. The van der Waals surface area contributed by atoms with Gasteiger partial charge in [-0.05, 0) is 12.1 Å². The van der Waals surface area contributed by atoms with E-state index >= 15 is 0 Å². The Labute approximate surface area is 104 Å². The van der Waals surface area contributed by atoms with Crippen LogP contribution in [0.2, 0.25) is 10.0 Å². The van der Waals surface area contributed by atoms with E-state index in [4.69, 9.17) is 23.2 Å². The van der Waals surface area contributed by atoms with Crippen molar-refractivity contribution in [2.75, 3.05) is 11.1 Å². The smallest absolute Gasteiger partial charge is 0.173 e. The molecule has 3 nitrogen and oxygen atoms in total. The minimum atomic E-state index is -3.07. The maximum Gasteiger partial charge on any atom is 0.173 e. The first-order chi connectivity index (χ1) is 7.48. The van der Waals surface area contributed by atoms with Crippen LogP contribution in [0.25, 0.3) is 0 Å². The van der Waals surface area contributed by atoms with Crippen molar-refractivity contribution in [2.24, 2.45) is 0 Å². The van der Waals surface area contributed by atoms with Crippen molar-refractivity contribution in [1.82, 2.24) is 0 Å². The van der Waals surface area contributed by atoms with Crippen molar-refractivity contribution in [3.8, 4) is 0 Å². The molecule has 0 bridgehead atoms. The zero-order valence-electron chi connectivity index (χ0n) is 8.15. The molecular formula is C10H9Cl2NO2S. The normalized spacial score (nSPS) is 22.2. The molecular weight excluding hydrogens is 269 g/mol. The predicted octanol–water partition coefficient (Wildman–Crippen LogP) is 2.72. The summed E-state index contributed by atoms with van der Waals surface area (Å²) in [5.41, 5.74) is 0.567. The summed E-state index contributed by atoms with van der Waals surface area (Å²) in [6, 6.07) is 4.85. The van der Waals surface area contributed by atoms with Gasteiger partial charge < -0.3 is 5.32 Å². The molecule has 2 rings (SSSR count). The van der Waals surface area contributed by atoms with Crippen LogP contribution in [0.5, 0.6) is 0 Å². The van der Waals surface area contributed by atoms with Gasteiger partial charge in [0.15, 0.2) is 9.84 Å². The number of nitrogens with one attached hydrogen (secondary N) is 1. The number of para-hydroxylation sites is 1. The highest BCUT2D eigenvalue weighted by molar-refractivity contribution is 7.94. The zero-order chi connectivity index (χ0) is 11.8. The fraction of sp³-hybridized carbons (Fsp3) is 0.200. The van der Waals surface area contributed by atoms with Gasteiger partial charge in [-0.25, -0.2) is 8.42 Å². The summed E-state index contributed by atoms with van der Waals surface area (Å²) < 4.78 is 22.4. The lowest BCUT2D eigenvalue weighted by atomic mass is 10.2. The summed E-state index contributed by atoms with van der Waals surface area (Å²) in [6.45, 7) is 0. The fourth-order valence-electron chi connectivity index (χ4n) is 1.49. The topological polar surface area (TPSA) is 46.2 Å². The molecule has 86 valence electrons. The van der Waals surface area contributed by atoms with Gasteiger partial charge in [-0.1, -0.05) is 35.3 Å². The van der Waals surface area contributed by atoms with Gasteiger partial charge in [0, 0.05) is 5.41 Å². The standard InChI is InChI=1S/C10H9Cl2NO2S/c11-8-2-1-3-9(12)10(8)13-7-4-5-16(14,15)6-7/h1-5,7,13H,6H2. The van der Waals surface area contributed by atoms with Gasteiger partial charge in [0.1, 0.15) is 0 Å². The first kappa shape index (κ1) is 11.8. The predicted molar refractivity (Wildman–Crippen MR) is 66.8 cm³/mol. The largest absolute Gasteiger partial charge is 0.375 e. The minimum Gasteiger partial charge on any atom is -0.375 e. The van der Waals surface area contributed by atoms with Crippen molar-refractivity contribution in [2.45, 2.75) is 6.04 Å². The van der Waals surface area contributed by atoms with Crippen molar-refractivity contribution in [3.63, 3.8) is 0 Å². The molecule has 0 aliphatic carbocycles. The molecule has 0 saturated carbocycles. The number of halogens is 2. The second-order valence-corrected chi connectivity index (χ2v) is 6.25. The van der Waals surface area contributed by atoms with Gasteiger partial charge in [-0.2, -0.15) is 0 Å². The minimum absolute atomic E-state index is 0.0363. The quantitative estimate of drug-likeness (QED) is 0.904. The molecule has 16 heavy (non-hydrogen) atoms. The molecule has 6 heteroatoms. The van der Waals surface area contributed by atoms with E-state index in [1.165, 1.54) is 5.41 Å². The van der Waals surface area contributed by atoms with Crippen molar-refractivity contribution >= 4 is 38.7 Å². The molecule has 1 N–H and O–H groups in total. The van der Waals surface area contributed by atoms with E-state index < -0.39 is 9.84 Å². The zero-order valence-corrected chi connectivity index (χ0v) is 10.5. The monoisotopic (exact) mass is 277 g/mol. The third-order valence-corrected chi connectivity index (χ3v) is 4.25. The van der Waals surface area contributed by atoms with E-state index in [1.54, 1.807) is 24.3 Å². The summed E-state index contributed by atoms with van der Waals surface area (Å²) in [5, 5.41) is 5.16. The van der Waals surface area contributed by atoms with Gasteiger partial charge >= 0.3 is 0 Å². The van der Waals surface area contributed by atoms with E-state index in [0.717, 1.165) is 0 Å². The maximum absolute atomic E-state index is 11.2. The Morgan fingerprint density at radius 3 is 2.38 bits per heavy atom. The molecule has 1 aromatic carbocycles. The van der Waals surface area contributed by atoms with Crippen molar-refractivity contribution in [3.05, 3.63) is 39.7 Å². The lowest BCUT2D eigenvalue weighted by molar-refractivity contribution is 0.605. The fourth-order valence-corrected chi connectivity index (χ4v) is 3.23. The lowest BCUT2D eigenvalue weighted by Crippen LogP contribution is -2.21. The molecule has 0 fully saturated rings. The number of hydrogen-bond acceptors (Lipinski definition) is 3. The Hall–Kier alpha value is -0.710. The van der Waals surface area contributed by atoms with Crippen LogP contribution in [0.4, 0.5) is 5.69 Å². The van der Waals surface area contributed by atoms with Crippen LogP contribution in [0, 0.1) is 0 Å². The Morgan fingerprint density at radius 1 is 1.25 bits per heavy atom. The average molecular weight is 278 g/mol. The van der Waals surface area contributed by atoms with Crippen molar-refractivity contribution in [1.29, 1.82) is 0 Å². The number of sulfone groups is 1. The molecule has 0 saturated heterocycles. The molecule has 0 spiro atoms. The highest BCUT2D eigenvalue weighted by Gasteiger charge is 2.22. The molecule has 1 aliphatic rings. The molecule has 1 unspecified atom stereocenters. The summed E-state index contributed by atoms with van der Waals surface area (Å²) in [4.78, 5) is 0. The summed E-state index contributed by atoms with van der Waals surface area (Å²) in [5.74, 6) is 0.0363. The summed E-state index contributed by atoms with van der Waals surface area (Å²) in [7, 11) is -3.07. The molecule has 1 aromatic rings. The highest BCUT2D eigenvalue weighted by atomic mass is 35.5. The highest BCUT2D eigenvalue weighted by Crippen LogP contribution is 2.31. The van der Waals surface area contributed by atoms with E-state index in [0.29, 0.717) is 15.7 Å². The third kappa shape index (κ3) is 2.51. The maximum atomic E-state index is 11.2. The molecule has 0 amide bonds. The lowest BCUT2D eigenvalue weighted by Gasteiger charge is -2.14. The van der Waals surface area contributed by atoms with E-state index in [9.17, 15) is 8.42 Å². The first-order valence-electron chi connectivity index (χ1n) is 4.59. The SMILES string of the molecule is O=S1(=O)C=CC(Nc2c(Cl)cccc2Cl)C1. The van der Waals surface area contributed by atoms with Crippen LogP contribution in [0.3, 0.4) is 0 Å². The second-order valence-electron chi connectivity index (χ2n) is 3.51. The Bertz CT molecular complexity index is 520. The summed E-state index contributed by atoms with van der Waals surface area (Å²) >= 11 is 11.9. The van der Waals surface area contributed by atoms with Gasteiger partial charge in [0.25, 0.3) is 0 Å². The van der Waals surface area contributed by atoms with Gasteiger partial charge in [-0.3, -0.25) is 0 Å². The van der Waals surface area contributed by atoms with E-state index in [2.05, 4.69) is 5.32 Å². The molecule has 0 aromatic heterocycles.